The van der Waals surface area contributed by atoms with Crippen LogP contribution in [0.2, 0.25) is 0 Å². The normalized spacial score (nSPS) is 10.7. The third-order valence-corrected chi connectivity index (χ3v) is 4.01. The lowest BCUT2D eigenvalue weighted by Gasteiger charge is -2.10. The minimum Gasteiger partial charge on any atom is -0.506 e. The molecule has 0 fully saturated rings. The summed E-state index contributed by atoms with van der Waals surface area (Å²) in [5.41, 5.74) is 2.49. The van der Waals surface area contributed by atoms with Crippen LogP contribution in [0.4, 0.5) is 0 Å². The molecule has 0 aliphatic carbocycles. The standard InChI is InChI=1S/C15H10Br2N2O/c16-10-8-12(15(20)13(17)9-10)14-6-7-18-19(14)11-4-2-1-3-5-11/h1-9,20H. The number of nitrogens with zero attached hydrogens (tertiary/aromatic N) is 2. The maximum atomic E-state index is 10.3. The van der Waals surface area contributed by atoms with Gasteiger partial charge in [-0.3, -0.25) is 0 Å². The molecule has 1 aromatic heterocycles. The molecule has 1 N–H and O–H groups in total. The van der Waals surface area contributed by atoms with E-state index < -0.39 is 0 Å². The summed E-state index contributed by atoms with van der Waals surface area (Å²) in [6.07, 6.45) is 1.72. The predicted molar refractivity (Wildman–Crippen MR) is 86.1 cm³/mol. The minimum atomic E-state index is 0.200. The molecule has 2 aromatic carbocycles. The molecular weight excluding hydrogens is 384 g/mol. The van der Waals surface area contributed by atoms with Crippen LogP contribution in [-0.2, 0) is 0 Å². The molecule has 0 radical (unpaired) electrons. The van der Waals surface area contributed by atoms with Crippen molar-refractivity contribution in [1.82, 2.24) is 9.78 Å². The Labute approximate surface area is 133 Å². The highest BCUT2D eigenvalue weighted by molar-refractivity contribution is 9.11. The average Bonchev–Trinajstić information content (AvgIpc) is 2.93. The zero-order valence-electron chi connectivity index (χ0n) is 10.3. The Bertz CT molecular complexity index is 754. The van der Waals surface area contributed by atoms with Crippen molar-refractivity contribution in [2.24, 2.45) is 0 Å². The number of phenolic OH excluding ortho intramolecular Hbond substituents is 1. The first kappa shape index (κ1) is 13.4. The minimum absolute atomic E-state index is 0.200. The van der Waals surface area contributed by atoms with Crippen molar-refractivity contribution in [3.8, 4) is 22.7 Å². The maximum absolute atomic E-state index is 10.3. The Morgan fingerprint density at radius 1 is 1.00 bits per heavy atom. The van der Waals surface area contributed by atoms with Gasteiger partial charge in [-0.05, 0) is 46.3 Å². The third-order valence-electron chi connectivity index (χ3n) is 2.95. The molecule has 1 heterocycles. The van der Waals surface area contributed by atoms with Gasteiger partial charge in [-0.2, -0.15) is 5.10 Å². The molecule has 0 aliphatic heterocycles. The van der Waals surface area contributed by atoms with Gasteiger partial charge in [0.15, 0.2) is 0 Å². The van der Waals surface area contributed by atoms with Crippen LogP contribution in [0.15, 0.2) is 63.7 Å². The fraction of sp³-hybridized carbons (Fsp3) is 0. The number of benzene rings is 2. The lowest BCUT2D eigenvalue weighted by Crippen LogP contribution is -1.98. The molecule has 0 atom stereocenters. The monoisotopic (exact) mass is 392 g/mol. The molecule has 5 heteroatoms. The second kappa shape index (κ2) is 5.42. The van der Waals surface area contributed by atoms with Gasteiger partial charge < -0.3 is 5.11 Å². The molecule has 0 saturated carbocycles. The van der Waals surface area contributed by atoms with Gasteiger partial charge in [-0.15, -0.1) is 0 Å². The average molecular weight is 394 g/mol. The van der Waals surface area contributed by atoms with Gasteiger partial charge in [0.05, 0.1) is 22.1 Å². The highest BCUT2D eigenvalue weighted by atomic mass is 79.9. The van der Waals surface area contributed by atoms with Crippen molar-refractivity contribution in [2.45, 2.75) is 0 Å². The summed E-state index contributed by atoms with van der Waals surface area (Å²) in [5.74, 6) is 0.200. The van der Waals surface area contributed by atoms with E-state index in [9.17, 15) is 5.11 Å². The molecular formula is C15H10Br2N2O. The molecule has 3 aromatic rings. The zero-order chi connectivity index (χ0) is 14.1. The van der Waals surface area contributed by atoms with Gasteiger partial charge in [-0.25, -0.2) is 4.68 Å². The Hall–Kier alpha value is -1.59. The van der Waals surface area contributed by atoms with Crippen molar-refractivity contribution in [1.29, 1.82) is 0 Å². The van der Waals surface area contributed by atoms with Gasteiger partial charge >= 0.3 is 0 Å². The van der Waals surface area contributed by atoms with Crippen LogP contribution in [0.5, 0.6) is 5.75 Å². The van der Waals surface area contributed by atoms with E-state index in [1.165, 1.54) is 0 Å². The predicted octanol–water partition coefficient (Wildman–Crippen LogP) is 4.77. The number of aromatic nitrogens is 2. The first-order valence-electron chi connectivity index (χ1n) is 5.94. The molecule has 20 heavy (non-hydrogen) atoms. The lowest BCUT2D eigenvalue weighted by atomic mass is 10.1. The first-order valence-corrected chi connectivity index (χ1v) is 7.53. The topological polar surface area (TPSA) is 38.1 Å². The van der Waals surface area contributed by atoms with E-state index in [1.54, 1.807) is 10.9 Å². The first-order chi connectivity index (χ1) is 9.66. The highest BCUT2D eigenvalue weighted by Gasteiger charge is 2.14. The largest absolute Gasteiger partial charge is 0.506 e. The quantitative estimate of drug-likeness (QED) is 0.680. The van der Waals surface area contributed by atoms with E-state index >= 15 is 0 Å². The SMILES string of the molecule is Oc1c(Br)cc(Br)cc1-c1ccnn1-c1ccccc1. The van der Waals surface area contributed by atoms with Gasteiger partial charge in [0.2, 0.25) is 0 Å². The van der Waals surface area contributed by atoms with Crippen molar-refractivity contribution in [3.05, 3.63) is 63.7 Å². The Kier molecular flexibility index (Phi) is 3.63. The molecule has 0 aliphatic rings. The summed E-state index contributed by atoms with van der Waals surface area (Å²) in [6.45, 7) is 0. The Morgan fingerprint density at radius 3 is 2.50 bits per heavy atom. The second-order valence-corrected chi connectivity index (χ2v) is 6.02. The van der Waals surface area contributed by atoms with E-state index in [4.69, 9.17) is 0 Å². The maximum Gasteiger partial charge on any atom is 0.139 e. The zero-order valence-corrected chi connectivity index (χ0v) is 13.5. The highest BCUT2D eigenvalue weighted by Crippen LogP contribution is 2.38. The van der Waals surface area contributed by atoms with Crippen LogP contribution < -0.4 is 0 Å². The number of aromatic hydroxyl groups is 1. The molecule has 3 rings (SSSR count). The number of hydrogen-bond acceptors (Lipinski definition) is 2. The van der Waals surface area contributed by atoms with Crippen LogP contribution in [0.1, 0.15) is 0 Å². The number of rotatable bonds is 2. The van der Waals surface area contributed by atoms with Crippen LogP contribution in [0, 0.1) is 0 Å². The van der Waals surface area contributed by atoms with Crippen LogP contribution in [0.3, 0.4) is 0 Å². The van der Waals surface area contributed by atoms with Crippen molar-refractivity contribution in [3.63, 3.8) is 0 Å². The number of para-hydroxylation sites is 1. The molecule has 0 spiro atoms. The number of phenols is 1. The van der Waals surface area contributed by atoms with Crippen LogP contribution in [0.25, 0.3) is 16.9 Å². The summed E-state index contributed by atoms with van der Waals surface area (Å²) < 4.78 is 3.33. The van der Waals surface area contributed by atoms with E-state index in [2.05, 4.69) is 37.0 Å². The molecule has 3 nitrogen and oxygen atoms in total. The Morgan fingerprint density at radius 2 is 1.75 bits per heavy atom. The third kappa shape index (κ3) is 2.39. The summed E-state index contributed by atoms with van der Waals surface area (Å²) in [7, 11) is 0. The summed E-state index contributed by atoms with van der Waals surface area (Å²) in [4.78, 5) is 0. The lowest BCUT2D eigenvalue weighted by molar-refractivity contribution is 0.473. The summed E-state index contributed by atoms with van der Waals surface area (Å²) >= 11 is 6.80. The van der Waals surface area contributed by atoms with Crippen molar-refractivity contribution < 1.29 is 5.11 Å². The van der Waals surface area contributed by atoms with E-state index in [-0.39, 0.29) is 5.75 Å². The fourth-order valence-electron chi connectivity index (χ4n) is 2.04. The van der Waals surface area contributed by atoms with Crippen molar-refractivity contribution >= 4 is 31.9 Å². The van der Waals surface area contributed by atoms with Crippen LogP contribution in [-0.4, -0.2) is 14.9 Å². The molecule has 0 bridgehead atoms. The number of halogens is 2. The summed E-state index contributed by atoms with van der Waals surface area (Å²) in [6, 6.07) is 15.4. The summed E-state index contributed by atoms with van der Waals surface area (Å²) in [5, 5.41) is 14.6. The number of hydrogen-bond donors (Lipinski definition) is 1. The van der Waals surface area contributed by atoms with Gasteiger partial charge in [-0.1, -0.05) is 34.1 Å². The van der Waals surface area contributed by atoms with Gasteiger partial charge in [0.25, 0.3) is 0 Å². The van der Waals surface area contributed by atoms with Crippen molar-refractivity contribution in [2.75, 3.05) is 0 Å². The second-order valence-electron chi connectivity index (χ2n) is 4.25. The molecule has 0 amide bonds. The molecule has 0 saturated heterocycles. The van der Waals surface area contributed by atoms with Gasteiger partial charge in [0, 0.05) is 10.0 Å². The van der Waals surface area contributed by atoms with Gasteiger partial charge in [0.1, 0.15) is 5.75 Å². The Balaban J connectivity index is 2.21. The smallest absolute Gasteiger partial charge is 0.139 e. The van der Waals surface area contributed by atoms with E-state index in [0.717, 1.165) is 15.9 Å². The fourth-order valence-corrected chi connectivity index (χ4v) is 3.27. The molecule has 0 unspecified atom stereocenters. The van der Waals surface area contributed by atoms with E-state index in [0.29, 0.717) is 10.0 Å². The van der Waals surface area contributed by atoms with E-state index in [1.807, 2.05) is 48.5 Å². The molecule has 100 valence electrons. The van der Waals surface area contributed by atoms with Crippen LogP contribution >= 0.6 is 31.9 Å².